The molecule has 1 aromatic rings. The van der Waals surface area contributed by atoms with Crippen molar-refractivity contribution in [3.63, 3.8) is 0 Å². The van der Waals surface area contributed by atoms with E-state index in [1.165, 1.54) is 12.8 Å². The van der Waals surface area contributed by atoms with Gasteiger partial charge in [0.2, 0.25) is 0 Å². The summed E-state index contributed by atoms with van der Waals surface area (Å²) in [4.78, 5) is 4.77. The van der Waals surface area contributed by atoms with Crippen LogP contribution in [0.4, 0.5) is 4.39 Å². The second-order valence-electron chi connectivity index (χ2n) is 6.13. The summed E-state index contributed by atoms with van der Waals surface area (Å²) in [6.07, 6.45) is 2.40. The molecule has 0 amide bonds. The van der Waals surface area contributed by atoms with Gasteiger partial charge in [-0.2, -0.15) is 0 Å². The van der Waals surface area contributed by atoms with Gasteiger partial charge in [0.1, 0.15) is 5.82 Å². The Morgan fingerprint density at radius 3 is 2.52 bits per heavy atom. The molecule has 1 N–H and O–H groups in total. The van der Waals surface area contributed by atoms with Crippen LogP contribution in [0.15, 0.2) is 24.3 Å². The molecule has 118 valence electrons. The van der Waals surface area contributed by atoms with E-state index in [1.54, 1.807) is 12.1 Å². The van der Waals surface area contributed by atoms with E-state index in [0.29, 0.717) is 6.04 Å². The Morgan fingerprint density at radius 1 is 1.29 bits per heavy atom. The highest BCUT2D eigenvalue weighted by Gasteiger charge is 2.24. The van der Waals surface area contributed by atoms with E-state index in [-0.39, 0.29) is 11.9 Å². The lowest BCUT2D eigenvalue weighted by Gasteiger charge is -2.37. The van der Waals surface area contributed by atoms with Crippen molar-refractivity contribution >= 4 is 0 Å². The monoisotopic (exact) mass is 293 g/mol. The van der Waals surface area contributed by atoms with Crippen molar-refractivity contribution in [1.29, 1.82) is 0 Å². The zero-order chi connectivity index (χ0) is 15.2. The van der Waals surface area contributed by atoms with Crippen molar-refractivity contribution in [2.24, 2.45) is 0 Å². The Labute approximate surface area is 128 Å². The number of benzene rings is 1. The SMILES string of the molecule is CCNC(CN1CCC(N(C)C)CC1)c1ccccc1F. The number of rotatable bonds is 6. The molecule has 0 saturated carbocycles. The first-order valence-electron chi connectivity index (χ1n) is 7.98. The summed E-state index contributed by atoms with van der Waals surface area (Å²) < 4.78 is 14.0. The molecule has 1 saturated heterocycles. The van der Waals surface area contributed by atoms with Crippen LogP contribution in [0.1, 0.15) is 31.4 Å². The van der Waals surface area contributed by atoms with Gasteiger partial charge in [0.15, 0.2) is 0 Å². The maximum absolute atomic E-state index is 14.0. The molecule has 0 bridgehead atoms. The van der Waals surface area contributed by atoms with E-state index in [4.69, 9.17) is 0 Å². The van der Waals surface area contributed by atoms with Crippen molar-refractivity contribution in [2.45, 2.75) is 31.8 Å². The number of likely N-dealkylation sites (N-methyl/N-ethyl adjacent to an activating group) is 1. The lowest BCUT2D eigenvalue weighted by molar-refractivity contribution is 0.135. The van der Waals surface area contributed by atoms with Crippen molar-refractivity contribution in [3.05, 3.63) is 35.6 Å². The second-order valence-corrected chi connectivity index (χ2v) is 6.13. The summed E-state index contributed by atoms with van der Waals surface area (Å²) in [5, 5.41) is 3.43. The summed E-state index contributed by atoms with van der Waals surface area (Å²) in [7, 11) is 4.31. The zero-order valence-electron chi connectivity index (χ0n) is 13.5. The molecular weight excluding hydrogens is 265 g/mol. The van der Waals surface area contributed by atoms with Gasteiger partial charge < -0.3 is 15.1 Å². The van der Waals surface area contributed by atoms with Crippen LogP contribution >= 0.6 is 0 Å². The number of halogens is 1. The van der Waals surface area contributed by atoms with Gasteiger partial charge >= 0.3 is 0 Å². The fraction of sp³-hybridized carbons (Fsp3) is 0.647. The fourth-order valence-corrected chi connectivity index (χ4v) is 3.15. The minimum Gasteiger partial charge on any atom is -0.309 e. The largest absolute Gasteiger partial charge is 0.309 e. The first-order chi connectivity index (χ1) is 10.1. The Bertz CT molecular complexity index is 428. The smallest absolute Gasteiger partial charge is 0.128 e. The number of likely N-dealkylation sites (tertiary alicyclic amines) is 1. The number of nitrogens with zero attached hydrogens (tertiary/aromatic N) is 2. The van der Waals surface area contributed by atoms with Gasteiger partial charge in [-0.05, 0) is 52.6 Å². The van der Waals surface area contributed by atoms with Gasteiger partial charge in [0.25, 0.3) is 0 Å². The van der Waals surface area contributed by atoms with Crippen LogP contribution in [-0.4, -0.2) is 56.1 Å². The van der Waals surface area contributed by atoms with Crippen LogP contribution in [0, 0.1) is 5.82 Å². The molecule has 0 aromatic heterocycles. The van der Waals surface area contributed by atoms with Crippen molar-refractivity contribution < 1.29 is 4.39 Å². The average Bonchev–Trinajstić information content (AvgIpc) is 2.48. The van der Waals surface area contributed by atoms with E-state index < -0.39 is 0 Å². The lowest BCUT2D eigenvalue weighted by Crippen LogP contribution is -2.45. The van der Waals surface area contributed by atoms with E-state index in [0.717, 1.165) is 31.7 Å². The molecule has 0 spiro atoms. The first-order valence-corrected chi connectivity index (χ1v) is 7.98. The van der Waals surface area contributed by atoms with Gasteiger partial charge in [-0.15, -0.1) is 0 Å². The van der Waals surface area contributed by atoms with Gasteiger partial charge in [-0.25, -0.2) is 4.39 Å². The molecule has 1 aliphatic heterocycles. The van der Waals surface area contributed by atoms with Crippen LogP contribution in [0.5, 0.6) is 0 Å². The molecule has 1 aromatic carbocycles. The first kappa shape index (κ1) is 16.4. The van der Waals surface area contributed by atoms with Crippen molar-refractivity contribution in [2.75, 3.05) is 40.3 Å². The van der Waals surface area contributed by atoms with Crippen molar-refractivity contribution in [3.8, 4) is 0 Å². The fourth-order valence-electron chi connectivity index (χ4n) is 3.15. The highest BCUT2D eigenvalue weighted by Crippen LogP contribution is 2.21. The molecule has 4 heteroatoms. The molecule has 1 fully saturated rings. The van der Waals surface area contributed by atoms with Gasteiger partial charge in [-0.1, -0.05) is 25.1 Å². The average molecular weight is 293 g/mol. The minimum absolute atomic E-state index is 0.0760. The summed E-state index contributed by atoms with van der Waals surface area (Å²) >= 11 is 0. The normalized spacial score (nSPS) is 19.1. The zero-order valence-corrected chi connectivity index (χ0v) is 13.5. The molecule has 1 aliphatic rings. The Kier molecular flexibility index (Phi) is 6.15. The molecule has 3 nitrogen and oxygen atoms in total. The maximum Gasteiger partial charge on any atom is 0.128 e. The lowest BCUT2D eigenvalue weighted by atomic mass is 10.0. The van der Waals surface area contributed by atoms with Gasteiger partial charge in [-0.3, -0.25) is 0 Å². The van der Waals surface area contributed by atoms with Crippen molar-refractivity contribution in [1.82, 2.24) is 15.1 Å². The van der Waals surface area contributed by atoms with E-state index >= 15 is 0 Å². The standard InChI is InChI=1S/C17H28FN3/c1-4-19-17(15-7-5-6-8-16(15)18)13-21-11-9-14(10-12-21)20(2)3/h5-8,14,17,19H,4,9-13H2,1-3H3. The summed E-state index contributed by atoms with van der Waals surface area (Å²) in [6, 6.07) is 7.89. The molecular formula is C17H28FN3. The predicted octanol–water partition coefficient (Wildman–Crippen LogP) is 2.50. The van der Waals surface area contributed by atoms with Crippen LogP contribution in [0.3, 0.4) is 0 Å². The molecule has 1 unspecified atom stereocenters. The van der Waals surface area contributed by atoms with E-state index in [1.807, 2.05) is 12.1 Å². The highest BCUT2D eigenvalue weighted by atomic mass is 19.1. The Balaban J connectivity index is 1.97. The highest BCUT2D eigenvalue weighted by molar-refractivity contribution is 5.21. The summed E-state index contributed by atoms with van der Waals surface area (Å²) in [5.41, 5.74) is 0.786. The number of piperidine rings is 1. The number of hydrogen-bond donors (Lipinski definition) is 1. The van der Waals surface area contributed by atoms with Crippen LogP contribution in [0.25, 0.3) is 0 Å². The molecule has 21 heavy (non-hydrogen) atoms. The second kappa shape index (κ2) is 7.87. The molecule has 1 atom stereocenters. The third kappa shape index (κ3) is 4.50. The Morgan fingerprint density at radius 2 is 1.95 bits per heavy atom. The molecule has 2 rings (SSSR count). The summed E-state index contributed by atoms with van der Waals surface area (Å²) in [5.74, 6) is -0.105. The molecule has 0 aliphatic carbocycles. The molecule has 0 radical (unpaired) electrons. The number of nitrogens with one attached hydrogen (secondary N) is 1. The molecule has 1 heterocycles. The van der Waals surface area contributed by atoms with E-state index in [2.05, 4.69) is 36.1 Å². The quantitative estimate of drug-likeness (QED) is 0.869. The Hall–Kier alpha value is -0.970. The predicted molar refractivity (Wildman–Crippen MR) is 86.0 cm³/mol. The topological polar surface area (TPSA) is 18.5 Å². The number of hydrogen-bond acceptors (Lipinski definition) is 3. The van der Waals surface area contributed by atoms with E-state index in [9.17, 15) is 4.39 Å². The van der Waals surface area contributed by atoms with Gasteiger partial charge in [0, 0.05) is 24.2 Å². The third-order valence-electron chi connectivity index (χ3n) is 4.46. The van der Waals surface area contributed by atoms with Crippen LogP contribution in [-0.2, 0) is 0 Å². The van der Waals surface area contributed by atoms with Gasteiger partial charge in [0.05, 0.1) is 0 Å². The third-order valence-corrected chi connectivity index (χ3v) is 4.46. The summed E-state index contributed by atoms with van der Waals surface area (Å²) in [6.45, 7) is 6.01. The van der Waals surface area contributed by atoms with Crippen LogP contribution < -0.4 is 5.32 Å². The minimum atomic E-state index is -0.105. The van der Waals surface area contributed by atoms with Crippen LogP contribution in [0.2, 0.25) is 0 Å². The maximum atomic E-state index is 14.0.